The lowest BCUT2D eigenvalue weighted by Crippen LogP contribution is -2.09. The molecule has 0 amide bonds. The van der Waals surface area contributed by atoms with Gasteiger partial charge in [-0.1, -0.05) is 24.3 Å². The summed E-state index contributed by atoms with van der Waals surface area (Å²) in [5.74, 6) is 1.87. The molecule has 2 aromatic rings. The van der Waals surface area contributed by atoms with Crippen molar-refractivity contribution in [3.63, 3.8) is 0 Å². The Morgan fingerprint density at radius 3 is 2.52 bits per heavy atom. The first-order chi connectivity index (χ1) is 12.0. The van der Waals surface area contributed by atoms with Gasteiger partial charge in [-0.05, 0) is 30.2 Å². The Bertz CT molecular complexity index is 773. The van der Waals surface area contributed by atoms with Crippen LogP contribution in [-0.4, -0.2) is 22.4 Å². The third-order valence-electron chi connectivity index (χ3n) is 3.87. The van der Waals surface area contributed by atoms with E-state index in [0.29, 0.717) is 15.7 Å². The molecule has 1 saturated heterocycles. The summed E-state index contributed by atoms with van der Waals surface area (Å²) in [6.07, 6.45) is -0.562. The molecule has 0 saturated carbocycles. The zero-order valence-electron chi connectivity index (χ0n) is 13.6. The van der Waals surface area contributed by atoms with Gasteiger partial charge in [0.25, 0.3) is 5.69 Å². The van der Waals surface area contributed by atoms with E-state index in [0.717, 1.165) is 11.5 Å². The van der Waals surface area contributed by atoms with Gasteiger partial charge in [-0.2, -0.15) is 0 Å². The molecule has 0 N–H and O–H groups in total. The molecule has 130 valence electrons. The second-order valence-electron chi connectivity index (χ2n) is 5.60. The molecular weight excluding hydrogens is 358 g/mol. The number of rotatable bonds is 5. The number of carbonyl (C=O) groups is 1. The first-order valence-electron chi connectivity index (χ1n) is 7.83. The van der Waals surface area contributed by atoms with Crippen LogP contribution in [0.2, 0.25) is 0 Å². The fourth-order valence-electron chi connectivity index (χ4n) is 2.52. The van der Waals surface area contributed by atoms with E-state index >= 15 is 0 Å². The smallest absolute Gasteiger partial charge is 0.338 e. The van der Waals surface area contributed by atoms with Crippen LogP contribution in [0.25, 0.3) is 0 Å². The summed E-state index contributed by atoms with van der Waals surface area (Å²) < 4.78 is 5.89. The lowest BCUT2D eigenvalue weighted by molar-refractivity contribution is -0.385. The van der Waals surface area contributed by atoms with E-state index in [-0.39, 0.29) is 5.69 Å². The Morgan fingerprint density at radius 1 is 1.20 bits per heavy atom. The summed E-state index contributed by atoms with van der Waals surface area (Å²) in [5, 5.41) is 10.9. The van der Waals surface area contributed by atoms with E-state index in [1.807, 2.05) is 35.7 Å². The average Bonchev–Trinajstić information content (AvgIpc) is 3.16. The van der Waals surface area contributed by atoms with Crippen LogP contribution in [-0.2, 0) is 4.74 Å². The maximum atomic E-state index is 12.3. The number of non-ortho nitro benzene ring substituents is 1. The van der Waals surface area contributed by atoms with Crippen molar-refractivity contribution in [2.45, 2.75) is 17.6 Å². The first-order valence-corrected chi connectivity index (χ1v) is 9.93. The topological polar surface area (TPSA) is 69.4 Å². The van der Waals surface area contributed by atoms with Crippen LogP contribution in [0.3, 0.4) is 0 Å². The minimum Gasteiger partial charge on any atom is -0.454 e. The number of nitro benzene ring substituents is 1. The maximum Gasteiger partial charge on any atom is 0.338 e. The van der Waals surface area contributed by atoms with E-state index in [4.69, 9.17) is 4.74 Å². The minimum absolute atomic E-state index is 0.0173. The quantitative estimate of drug-likeness (QED) is 0.416. The number of nitrogens with zero attached hydrogens (tertiary/aromatic N) is 1. The van der Waals surface area contributed by atoms with Gasteiger partial charge in [-0.3, -0.25) is 10.1 Å². The van der Waals surface area contributed by atoms with E-state index in [1.54, 1.807) is 31.2 Å². The van der Waals surface area contributed by atoms with Gasteiger partial charge < -0.3 is 4.74 Å². The Morgan fingerprint density at radius 2 is 1.88 bits per heavy atom. The molecule has 25 heavy (non-hydrogen) atoms. The number of hydrogen-bond donors (Lipinski definition) is 0. The van der Waals surface area contributed by atoms with Crippen molar-refractivity contribution in [3.8, 4) is 0 Å². The molecule has 0 bridgehead atoms. The largest absolute Gasteiger partial charge is 0.454 e. The molecular formula is C18H17NO4S2. The van der Waals surface area contributed by atoms with Gasteiger partial charge in [0.1, 0.15) is 6.10 Å². The van der Waals surface area contributed by atoms with Gasteiger partial charge in [-0.15, -0.1) is 23.5 Å². The maximum absolute atomic E-state index is 12.3. The summed E-state index contributed by atoms with van der Waals surface area (Å²) in [7, 11) is 0. The van der Waals surface area contributed by atoms with Crippen molar-refractivity contribution < 1.29 is 14.5 Å². The number of esters is 1. The molecule has 0 radical (unpaired) electrons. The summed E-state index contributed by atoms with van der Waals surface area (Å²) in [6, 6.07) is 13.6. The monoisotopic (exact) mass is 375 g/mol. The third-order valence-corrected chi connectivity index (χ3v) is 6.98. The van der Waals surface area contributed by atoms with E-state index in [9.17, 15) is 14.9 Å². The van der Waals surface area contributed by atoms with Crippen molar-refractivity contribution in [1.29, 1.82) is 0 Å². The molecule has 1 atom stereocenters. The highest BCUT2D eigenvalue weighted by molar-refractivity contribution is 8.19. The molecule has 1 aliphatic heterocycles. The highest BCUT2D eigenvalue weighted by atomic mass is 32.2. The fourth-order valence-corrected chi connectivity index (χ4v) is 5.37. The van der Waals surface area contributed by atoms with Crippen molar-refractivity contribution in [3.05, 3.63) is 75.3 Å². The number of carbonyl (C=O) groups excluding carboxylic acids is 1. The van der Waals surface area contributed by atoms with Gasteiger partial charge in [0.05, 0.1) is 15.1 Å². The molecule has 1 heterocycles. The van der Waals surface area contributed by atoms with Gasteiger partial charge in [0.2, 0.25) is 0 Å². The van der Waals surface area contributed by atoms with Gasteiger partial charge in [0, 0.05) is 23.6 Å². The van der Waals surface area contributed by atoms with E-state index < -0.39 is 17.0 Å². The third kappa shape index (κ3) is 4.35. The number of ether oxygens (including phenoxy) is 1. The van der Waals surface area contributed by atoms with Crippen LogP contribution in [0.4, 0.5) is 5.69 Å². The molecule has 1 fully saturated rings. The Balaban J connectivity index is 1.67. The average molecular weight is 375 g/mol. The Kier molecular flexibility index (Phi) is 5.65. The standard InChI is InChI=1S/C18H17NO4S2/c1-12(15-3-2-4-16(11-15)19(21)22)23-17(20)13-5-7-14(8-6-13)18-24-9-10-25-18/h2-8,11-12,18H,9-10H2,1H3/t12-/m1/s1. The molecule has 0 unspecified atom stereocenters. The molecule has 5 nitrogen and oxygen atoms in total. The van der Waals surface area contributed by atoms with Gasteiger partial charge in [-0.25, -0.2) is 4.79 Å². The molecule has 1 aliphatic rings. The molecule has 7 heteroatoms. The zero-order valence-corrected chi connectivity index (χ0v) is 15.2. The molecule has 0 spiro atoms. The van der Waals surface area contributed by atoms with Crippen molar-refractivity contribution in [2.24, 2.45) is 0 Å². The number of hydrogen-bond acceptors (Lipinski definition) is 6. The predicted molar refractivity (Wildman–Crippen MR) is 101 cm³/mol. The Labute approximate surface area is 154 Å². The van der Waals surface area contributed by atoms with Gasteiger partial charge >= 0.3 is 5.97 Å². The van der Waals surface area contributed by atoms with Crippen LogP contribution >= 0.6 is 23.5 Å². The molecule has 0 aromatic heterocycles. The van der Waals surface area contributed by atoms with Gasteiger partial charge in [0.15, 0.2) is 0 Å². The summed E-state index contributed by atoms with van der Waals surface area (Å²) >= 11 is 3.83. The van der Waals surface area contributed by atoms with E-state index in [1.165, 1.54) is 17.7 Å². The van der Waals surface area contributed by atoms with Crippen LogP contribution in [0, 0.1) is 10.1 Å². The number of nitro groups is 1. The lowest BCUT2D eigenvalue weighted by Gasteiger charge is -2.14. The number of thioether (sulfide) groups is 2. The fraction of sp³-hybridized carbons (Fsp3) is 0.278. The second kappa shape index (κ2) is 7.93. The zero-order chi connectivity index (χ0) is 17.8. The molecule has 2 aromatic carbocycles. The summed E-state index contributed by atoms with van der Waals surface area (Å²) in [4.78, 5) is 22.7. The van der Waals surface area contributed by atoms with Crippen molar-refractivity contribution >= 4 is 35.2 Å². The van der Waals surface area contributed by atoms with Crippen LogP contribution in [0.5, 0.6) is 0 Å². The number of benzene rings is 2. The highest BCUT2D eigenvalue weighted by Gasteiger charge is 2.20. The minimum atomic E-state index is -0.562. The van der Waals surface area contributed by atoms with Crippen molar-refractivity contribution in [2.75, 3.05) is 11.5 Å². The normalized spacial score (nSPS) is 15.7. The SMILES string of the molecule is C[C@@H](OC(=O)c1ccc(C2SCCS2)cc1)c1cccc([N+](=O)[O-])c1. The molecule has 0 aliphatic carbocycles. The molecule has 3 rings (SSSR count). The highest BCUT2D eigenvalue weighted by Crippen LogP contribution is 2.45. The first kappa shape index (κ1) is 17.8. The summed E-state index contributed by atoms with van der Waals surface area (Å²) in [5.41, 5.74) is 2.26. The Hall–Kier alpha value is -1.99. The lowest BCUT2D eigenvalue weighted by atomic mass is 10.1. The predicted octanol–water partition coefficient (Wildman–Crippen LogP) is 4.99. The van der Waals surface area contributed by atoms with E-state index in [2.05, 4.69) is 0 Å². The second-order valence-corrected chi connectivity index (χ2v) is 8.32. The van der Waals surface area contributed by atoms with Crippen LogP contribution < -0.4 is 0 Å². The van der Waals surface area contributed by atoms with Crippen LogP contribution in [0.1, 0.15) is 39.1 Å². The van der Waals surface area contributed by atoms with Crippen molar-refractivity contribution in [1.82, 2.24) is 0 Å². The van der Waals surface area contributed by atoms with Crippen LogP contribution in [0.15, 0.2) is 48.5 Å². The summed E-state index contributed by atoms with van der Waals surface area (Å²) in [6.45, 7) is 1.71.